The minimum absolute atomic E-state index is 0. The molecular formula is C23H30Cl2N6O. The number of carbonyl (C=O) groups is 1. The van der Waals surface area contributed by atoms with E-state index in [0.717, 1.165) is 49.3 Å². The van der Waals surface area contributed by atoms with Gasteiger partial charge in [0.25, 0.3) is 5.91 Å². The minimum atomic E-state index is -0.138. The number of nitrogens with zero attached hydrogens (tertiary/aromatic N) is 3. The Kier molecular flexibility index (Phi) is 8.00. The Morgan fingerprint density at radius 3 is 2.69 bits per heavy atom. The van der Waals surface area contributed by atoms with Crippen LogP contribution in [0.4, 0.5) is 11.5 Å². The molecule has 32 heavy (non-hydrogen) atoms. The Labute approximate surface area is 200 Å². The maximum absolute atomic E-state index is 12.8. The molecule has 4 heterocycles. The number of H-pyrrole nitrogens is 1. The van der Waals surface area contributed by atoms with E-state index in [1.165, 1.54) is 18.5 Å². The van der Waals surface area contributed by atoms with E-state index in [0.29, 0.717) is 17.4 Å². The number of likely N-dealkylation sites (tertiary alicyclic amines) is 1. The number of pyridine rings is 1. The molecule has 0 unspecified atom stereocenters. The Bertz CT molecular complexity index is 1070. The molecule has 7 nitrogen and oxygen atoms in total. The lowest BCUT2D eigenvalue weighted by atomic mass is 10.1. The minimum Gasteiger partial charge on any atom is -0.369 e. The zero-order valence-electron chi connectivity index (χ0n) is 18.1. The second-order valence-electron chi connectivity index (χ2n) is 8.26. The third-order valence-electron chi connectivity index (χ3n) is 6.24. The van der Waals surface area contributed by atoms with Crippen molar-refractivity contribution >= 4 is 53.1 Å². The van der Waals surface area contributed by atoms with Gasteiger partial charge in [0, 0.05) is 66.8 Å². The maximum atomic E-state index is 12.8. The molecule has 172 valence electrons. The second-order valence-corrected chi connectivity index (χ2v) is 8.26. The van der Waals surface area contributed by atoms with Crippen LogP contribution in [-0.2, 0) is 0 Å². The molecule has 5 rings (SSSR count). The van der Waals surface area contributed by atoms with Gasteiger partial charge in [-0.3, -0.25) is 9.69 Å². The van der Waals surface area contributed by atoms with Gasteiger partial charge >= 0.3 is 0 Å². The van der Waals surface area contributed by atoms with Crippen LogP contribution in [0.15, 0.2) is 42.6 Å². The van der Waals surface area contributed by atoms with Crippen molar-refractivity contribution in [1.29, 1.82) is 0 Å². The summed E-state index contributed by atoms with van der Waals surface area (Å²) < 4.78 is 0. The number of carbonyl (C=O) groups excluding carboxylic acids is 1. The Hall–Kier alpha value is -2.32. The van der Waals surface area contributed by atoms with Gasteiger partial charge in [0.15, 0.2) is 0 Å². The van der Waals surface area contributed by atoms with Gasteiger partial charge in [-0.2, -0.15) is 0 Å². The number of piperazine rings is 1. The lowest BCUT2D eigenvalue weighted by molar-refractivity contribution is 0.102. The summed E-state index contributed by atoms with van der Waals surface area (Å²) in [6.45, 7) is 4.97. The fraction of sp³-hybridized carbons (Fsp3) is 0.391. The molecular weight excluding hydrogens is 447 g/mol. The van der Waals surface area contributed by atoms with E-state index >= 15 is 0 Å². The zero-order valence-corrected chi connectivity index (χ0v) is 19.8. The molecule has 0 aliphatic carbocycles. The molecule has 1 amide bonds. The van der Waals surface area contributed by atoms with Gasteiger partial charge in [-0.15, -0.1) is 24.8 Å². The third-order valence-corrected chi connectivity index (χ3v) is 6.24. The average Bonchev–Trinajstić information content (AvgIpc) is 3.39. The number of aromatic nitrogens is 2. The number of fused-ring (bicyclic) bond motifs is 1. The molecule has 2 aliphatic rings. The van der Waals surface area contributed by atoms with Crippen molar-refractivity contribution in [3.8, 4) is 0 Å². The molecule has 0 bridgehead atoms. The van der Waals surface area contributed by atoms with Crippen LogP contribution in [0.1, 0.15) is 34.9 Å². The first kappa shape index (κ1) is 24.3. The summed E-state index contributed by atoms with van der Waals surface area (Å²) in [5.74, 6) is 0.425. The molecule has 0 radical (unpaired) electrons. The maximum Gasteiger partial charge on any atom is 0.256 e. The van der Waals surface area contributed by atoms with Crippen LogP contribution in [0.5, 0.6) is 0 Å². The van der Waals surface area contributed by atoms with E-state index in [1.807, 2.05) is 30.5 Å². The van der Waals surface area contributed by atoms with Crippen molar-refractivity contribution in [2.45, 2.75) is 18.9 Å². The van der Waals surface area contributed by atoms with E-state index < -0.39 is 0 Å². The molecule has 0 saturated carbocycles. The molecule has 2 aromatic heterocycles. The monoisotopic (exact) mass is 476 g/mol. The SMILES string of the molecule is CN1CCC[C@@H]1c1cc2cnc(NC(=O)c3cccc(N4CCNCC4)c3)cc2[nH]1.Cl.Cl. The highest BCUT2D eigenvalue weighted by atomic mass is 35.5. The number of aromatic amines is 1. The number of benzene rings is 1. The topological polar surface area (TPSA) is 76.3 Å². The number of halogens is 2. The standard InChI is InChI=1S/C23H28N6O.2ClH/c1-28-9-3-6-21(28)20-13-17-15-25-22(14-19(17)26-20)27-23(30)16-4-2-5-18(12-16)29-10-7-24-8-11-29;;/h2,4-5,12-15,21,24,26H,3,6-11H2,1H3,(H,25,27,30);2*1H/t21-;;/m1../s1. The molecule has 9 heteroatoms. The number of amides is 1. The number of rotatable bonds is 4. The Balaban J connectivity index is 0.00000144. The van der Waals surface area contributed by atoms with Crippen molar-refractivity contribution in [3.63, 3.8) is 0 Å². The van der Waals surface area contributed by atoms with Crippen molar-refractivity contribution in [2.24, 2.45) is 0 Å². The highest BCUT2D eigenvalue weighted by Crippen LogP contribution is 2.32. The van der Waals surface area contributed by atoms with Crippen LogP contribution in [0.3, 0.4) is 0 Å². The smallest absolute Gasteiger partial charge is 0.256 e. The average molecular weight is 477 g/mol. The first-order chi connectivity index (χ1) is 14.7. The Morgan fingerprint density at radius 1 is 1.12 bits per heavy atom. The van der Waals surface area contributed by atoms with Crippen LogP contribution in [-0.4, -0.2) is 60.5 Å². The van der Waals surface area contributed by atoms with Crippen LogP contribution >= 0.6 is 24.8 Å². The van der Waals surface area contributed by atoms with Crippen LogP contribution in [0, 0.1) is 0 Å². The summed E-state index contributed by atoms with van der Waals surface area (Å²) in [4.78, 5) is 25.5. The van der Waals surface area contributed by atoms with E-state index in [1.54, 1.807) is 0 Å². The number of hydrogen-bond acceptors (Lipinski definition) is 5. The highest BCUT2D eigenvalue weighted by Gasteiger charge is 2.24. The molecule has 3 aromatic rings. The zero-order chi connectivity index (χ0) is 20.5. The van der Waals surface area contributed by atoms with Crippen molar-refractivity contribution in [2.75, 3.05) is 50.0 Å². The molecule has 1 aromatic carbocycles. The Morgan fingerprint density at radius 2 is 1.94 bits per heavy atom. The number of nitrogens with one attached hydrogen (secondary N) is 3. The van der Waals surface area contributed by atoms with Crippen LogP contribution < -0.4 is 15.5 Å². The fourth-order valence-corrected chi connectivity index (χ4v) is 4.55. The van der Waals surface area contributed by atoms with Gasteiger partial charge in [0.1, 0.15) is 5.82 Å². The lowest BCUT2D eigenvalue weighted by Crippen LogP contribution is -2.43. The molecule has 1 atom stereocenters. The first-order valence-corrected chi connectivity index (χ1v) is 10.7. The lowest BCUT2D eigenvalue weighted by Gasteiger charge is -2.29. The second kappa shape index (κ2) is 10.5. The van der Waals surface area contributed by atoms with Crippen LogP contribution in [0.25, 0.3) is 10.9 Å². The number of hydrogen-bond donors (Lipinski definition) is 3. The van der Waals surface area contributed by atoms with Gasteiger partial charge in [-0.1, -0.05) is 6.07 Å². The van der Waals surface area contributed by atoms with E-state index in [4.69, 9.17) is 0 Å². The third kappa shape index (κ3) is 5.02. The van der Waals surface area contributed by atoms with Gasteiger partial charge in [-0.25, -0.2) is 4.98 Å². The summed E-state index contributed by atoms with van der Waals surface area (Å²) in [5.41, 5.74) is 3.96. The normalized spacial score (nSPS) is 18.8. The molecule has 2 saturated heterocycles. The molecule has 0 spiro atoms. The van der Waals surface area contributed by atoms with E-state index in [2.05, 4.69) is 49.6 Å². The van der Waals surface area contributed by atoms with Crippen molar-refractivity contribution in [3.05, 3.63) is 53.9 Å². The highest BCUT2D eigenvalue weighted by molar-refractivity contribution is 6.05. The van der Waals surface area contributed by atoms with Crippen molar-refractivity contribution < 1.29 is 4.79 Å². The molecule has 3 N–H and O–H groups in total. The largest absolute Gasteiger partial charge is 0.369 e. The van der Waals surface area contributed by atoms with Gasteiger partial charge < -0.3 is 20.5 Å². The fourth-order valence-electron chi connectivity index (χ4n) is 4.55. The van der Waals surface area contributed by atoms with Gasteiger partial charge in [0.05, 0.1) is 5.52 Å². The first-order valence-electron chi connectivity index (χ1n) is 10.7. The van der Waals surface area contributed by atoms with Gasteiger partial charge in [-0.05, 0) is 50.7 Å². The van der Waals surface area contributed by atoms with Crippen LogP contribution in [0.2, 0.25) is 0 Å². The molecule has 2 aliphatic heterocycles. The van der Waals surface area contributed by atoms with Gasteiger partial charge in [0.2, 0.25) is 0 Å². The summed E-state index contributed by atoms with van der Waals surface area (Å²) in [7, 11) is 2.17. The van der Waals surface area contributed by atoms with E-state index in [9.17, 15) is 4.79 Å². The number of anilines is 2. The van der Waals surface area contributed by atoms with E-state index in [-0.39, 0.29) is 30.7 Å². The molecule has 2 fully saturated rings. The predicted octanol–water partition coefficient (Wildman–Crippen LogP) is 3.84. The van der Waals surface area contributed by atoms with Crippen molar-refractivity contribution in [1.82, 2.24) is 20.2 Å². The summed E-state index contributed by atoms with van der Waals surface area (Å²) in [5, 5.41) is 7.39. The predicted molar refractivity (Wildman–Crippen MR) is 135 cm³/mol. The quantitative estimate of drug-likeness (QED) is 0.533. The summed E-state index contributed by atoms with van der Waals surface area (Å²) in [6, 6.07) is 12.3. The summed E-state index contributed by atoms with van der Waals surface area (Å²) >= 11 is 0. The summed E-state index contributed by atoms with van der Waals surface area (Å²) in [6.07, 6.45) is 4.23.